The van der Waals surface area contributed by atoms with Gasteiger partial charge in [0.1, 0.15) is 7.85 Å². The van der Waals surface area contributed by atoms with E-state index in [9.17, 15) is 4.79 Å². The molecule has 3 heteroatoms. The Morgan fingerprint density at radius 2 is 2.00 bits per heavy atom. The average Bonchev–Trinajstić information content (AvgIpc) is 1.38. The Hall–Kier alpha value is -0.200. The molecule has 0 heterocycles. The maximum Gasteiger partial charge on any atom is 0.186 e. The van der Waals surface area contributed by atoms with Crippen LogP contribution in [0.4, 0.5) is 0 Å². The van der Waals surface area contributed by atoms with Gasteiger partial charge in [0.25, 0.3) is 0 Å². The third-order valence-corrected chi connectivity index (χ3v) is 0.498. The number of hydrogen-bond donors (Lipinski definition) is 0. The molecule has 0 fully saturated rings. The van der Waals surface area contributed by atoms with E-state index in [0.29, 0.717) is 6.32 Å². The van der Waals surface area contributed by atoms with Crippen LogP contribution in [0, 0.1) is 0 Å². The molecular weight excluding hydrogens is 61.6 g/mol. The maximum absolute atomic E-state index is 9.81. The molecule has 0 radical (unpaired) electrons. The highest BCUT2D eigenvalue weighted by atomic mass is 16.1. The molecule has 0 spiro atoms. The normalized spacial score (nSPS) is 7.20. The SMILES string of the molecule is BCC(B)=O. The van der Waals surface area contributed by atoms with Gasteiger partial charge in [-0.1, -0.05) is 0 Å². The van der Waals surface area contributed by atoms with Gasteiger partial charge in [-0.05, 0) is 6.32 Å². The lowest BCUT2D eigenvalue weighted by atomic mass is 9.89. The molecule has 5 heavy (non-hydrogen) atoms. The van der Waals surface area contributed by atoms with Crippen molar-refractivity contribution in [3.63, 3.8) is 0 Å². The topological polar surface area (TPSA) is 17.1 Å². The summed E-state index contributed by atoms with van der Waals surface area (Å²) < 4.78 is 0. The molecule has 0 N–H and O–H groups in total. The van der Waals surface area contributed by atoms with E-state index in [-0.39, 0.29) is 5.68 Å². The average molecular weight is 67.7 g/mol. The van der Waals surface area contributed by atoms with Crippen LogP contribution in [0.1, 0.15) is 0 Å². The zero-order valence-electron chi connectivity index (χ0n) is 3.62. The van der Waals surface area contributed by atoms with Gasteiger partial charge in [0, 0.05) is 0 Å². The first kappa shape index (κ1) is 4.80. The zero-order chi connectivity index (χ0) is 4.28. The molecule has 1 nitrogen and oxygen atoms in total. The molecule has 26 valence electrons. The Morgan fingerprint density at radius 3 is 2.00 bits per heavy atom. The molecule has 0 aliphatic rings. The van der Waals surface area contributed by atoms with E-state index in [1.54, 1.807) is 7.85 Å². The molecule has 0 atom stereocenters. The Kier molecular flexibility index (Phi) is 1.98. The van der Waals surface area contributed by atoms with Gasteiger partial charge in [0.15, 0.2) is 7.85 Å². The predicted molar refractivity (Wildman–Crippen MR) is 26.9 cm³/mol. The van der Waals surface area contributed by atoms with Crippen molar-refractivity contribution in [1.82, 2.24) is 0 Å². The number of hydrogen-bond acceptors (Lipinski definition) is 1. The van der Waals surface area contributed by atoms with E-state index in [2.05, 4.69) is 0 Å². The van der Waals surface area contributed by atoms with Crippen LogP contribution in [-0.4, -0.2) is 21.4 Å². The van der Waals surface area contributed by atoms with Crippen LogP contribution < -0.4 is 0 Å². The maximum atomic E-state index is 9.81. The Labute approximate surface area is 33.6 Å². The highest BCUT2D eigenvalue weighted by molar-refractivity contribution is 6.61. The molecule has 0 rings (SSSR count). The number of rotatable bonds is 1. The first-order chi connectivity index (χ1) is 2.27. The molecular formula is C2H6B2O. The molecule has 0 aromatic heterocycles. The van der Waals surface area contributed by atoms with Crippen molar-refractivity contribution < 1.29 is 4.79 Å². The fourth-order valence-electron chi connectivity index (χ4n) is 0. The quantitative estimate of drug-likeness (QED) is 0.331. The van der Waals surface area contributed by atoms with E-state index < -0.39 is 0 Å². The van der Waals surface area contributed by atoms with Crippen molar-refractivity contribution in [3.05, 3.63) is 0 Å². The van der Waals surface area contributed by atoms with Gasteiger partial charge < -0.3 is 4.79 Å². The fraction of sp³-hybridized carbons (Fsp3) is 0.500. The number of carbonyl (C=O) groups is 1. The van der Waals surface area contributed by atoms with Gasteiger partial charge in [0.05, 0.1) is 5.68 Å². The second-order valence-corrected chi connectivity index (χ2v) is 1.06. The van der Waals surface area contributed by atoms with Crippen LogP contribution in [0.25, 0.3) is 0 Å². The van der Waals surface area contributed by atoms with Gasteiger partial charge in [0.2, 0.25) is 0 Å². The van der Waals surface area contributed by atoms with E-state index in [0.717, 1.165) is 0 Å². The molecule has 0 saturated heterocycles. The fourth-order valence-corrected chi connectivity index (χ4v) is 0. The van der Waals surface area contributed by atoms with Crippen LogP contribution in [0.2, 0.25) is 6.32 Å². The number of carbonyl (C=O) groups excluding carboxylic acids is 1. The summed E-state index contributed by atoms with van der Waals surface area (Å²) in [6.07, 6.45) is 0.667. The van der Waals surface area contributed by atoms with Crippen molar-refractivity contribution in [2.24, 2.45) is 0 Å². The third-order valence-electron chi connectivity index (χ3n) is 0.498. The summed E-state index contributed by atoms with van der Waals surface area (Å²) in [4.78, 5) is 9.81. The summed E-state index contributed by atoms with van der Waals surface area (Å²) in [6.45, 7) is 0. The van der Waals surface area contributed by atoms with Crippen LogP contribution in [0.5, 0.6) is 0 Å². The summed E-state index contributed by atoms with van der Waals surface area (Å²) in [6, 6.07) is 0. The van der Waals surface area contributed by atoms with E-state index in [1.165, 1.54) is 0 Å². The van der Waals surface area contributed by atoms with Crippen molar-refractivity contribution in [2.75, 3.05) is 0 Å². The van der Waals surface area contributed by atoms with Crippen molar-refractivity contribution in [2.45, 2.75) is 6.32 Å². The first-order valence-corrected chi connectivity index (χ1v) is 1.76. The van der Waals surface area contributed by atoms with Crippen molar-refractivity contribution in [1.29, 1.82) is 0 Å². The second kappa shape index (κ2) is 2.06. The largest absolute Gasteiger partial charge is 0.313 e. The molecule has 0 aromatic rings. The van der Waals surface area contributed by atoms with Gasteiger partial charge >= 0.3 is 0 Å². The molecule has 0 aliphatic heterocycles. The lowest BCUT2D eigenvalue weighted by Crippen LogP contribution is -1.90. The van der Waals surface area contributed by atoms with Crippen molar-refractivity contribution >= 4 is 21.4 Å². The lowest BCUT2D eigenvalue weighted by Gasteiger charge is -1.70. The minimum absolute atomic E-state index is 0.255. The van der Waals surface area contributed by atoms with Gasteiger partial charge in [-0.15, -0.1) is 0 Å². The molecule has 0 aromatic carbocycles. The Balaban J connectivity index is 2.85. The van der Waals surface area contributed by atoms with Gasteiger partial charge in [-0.25, -0.2) is 0 Å². The summed E-state index contributed by atoms with van der Waals surface area (Å²) in [5.41, 5.74) is 0.255. The smallest absolute Gasteiger partial charge is 0.186 e. The van der Waals surface area contributed by atoms with E-state index in [4.69, 9.17) is 0 Å². The van der Waals surface area contributed by atoms with Crippen LogP contribution in [0.3, 0.4) is 0 Å². The van der Waals surface area contributed by atoms with Crippen LogP contribution >= 0.6 is 0 Å². The summed E-state index contributed by atoms with van der Waals surface area (Å²) in [7, 11) is 3.43. The lowest BCUT2D eigenvalue weighted by molar-refractivity contribution is -0.109. The molecule has 0 saturated carbocycles. The molecule has 0 unspecified atom stereocenters. The van der Waals surface area contributed by atoms with E-state index >= 15 is 0 Å². The van der Waals surface area contributed by atoms with E-state index in [1.807, 2.05) is 7.85 Å². The highest BCUT2D eigenvalue weighted by Gasteiger charge is 1.78. The molecule has 0 bridgehead atoms. The minimum atomic E-state index is 0.255. The third kappa shape index (κ3) is 3.80. The summed E-state index contributed by atoms with van der Waals surface area (Å²) in [5.74, 6) is 0. The minimum Gasteiger partial charge on any atom is -0.313 e. The van der Waals surface area contributed by atoms with Crippen LogP contribution in [0.15, 0.2) is 0 Å². The summed E-state index contributed by atoms with van der Waals surface area (Å²) in [5, 5.41) is 0. The predicted octanol–water partition coefficient (Wildman–Crippen LogP) is -1.80. The molecule has 0 aliphatic carbocycles. The van der Waals surface area contributed by atoms with Crippen LogP contribution in [-0.2, 0) is 4.79 Å². The van der Waals surface area contributed by atoms with Gasteiger partial charge in [-0.3, -0.25) is 0 Å². The first-order valence-electron chi connectivity index (χ1n) is 1.76. The molecule has 0 amide bonds. The van der Waals surface area contributed by atoms with Gasteiger partial charge in [-0.2, -0.15) is 0 Å². The van der Waals surface area contributed by atoms with Crippen molar-refractivity contribution in [3.8, 4) is 0 Å². The monoisotopic (exact) mass is 68.1 g/mol. The Morgan fingerprint density at radius 1 is 1.80 bits per heavy atom. The summed E-state index contributed by atoms with van der Waals surface area (Å²) >= 11 is 0. The zero-order valence-corrected chi connectivity index (χ0v) is 3.62. The highest BCUT2D eigenvalue weighted by Crippen LogP contribution is 1.62. The second-order valence-electron chi connectivity index (χ2n) is 1.06. The Bertz CT molecular complexity index is 42.9. The standard InChI is InChI=1S/C2H6B2O/c3-1-2(4)5/h1,3-4H2.